The third-order valence-corrected chi connectivity index (χ3v) is 3.97. The summed E-state index contributed by atoms with van der Waals surface area (Å²) in [6.45, 7) is 3.77. The lowest BCUT2D eigenvalue weighted by Gasteiger charge is -1.99. The first-order valence-electron chi connectivity index (χ1n) is 6.17. The van der Waals surface area contributed by atoms with Crippen molar-refractivity contribution in [1.29, 1.82) is 0 Å². The van der Waals surface area contributed by atoms with E-state index in [1.165, 1.54) is 17.4 Å². The van der Waals surface area contributed by atoms with Crippen molar-refractivity contribution in [2.24, 2.45) is 0 Å². The Kier molecular flexibility index (Phi) is 3.26. The number of nitrogens with zero attached hydrogens (tertiary/aromatic N) is 3. The van der Waals surface area contributed by atoms with Crippen molar-refractivity contribution in [2.75, 3.05) is 0 Å². The van der Waals surface area contributed by atoms with Gasteiger partial charge in [0.05, 0.1) is 21.8 Å². The van der Waals surface area contributed by atoms with E-state index in [2.05, 4.69) is 15.2 Å². The molecule has 2 aromatic heterocycles. The maximum atomic E-state index is 11.2. The number of hydrogen-bond donors (Lipinski definition) is 1. The number of carboxylic acid groups (broad SMARTS) is 1. The van der Waals surface area contributed by atoms with Crippen molar-refractivity contribution in [3.05, 3.63) is 40.5 Å². The normalized spacial score (nSPS) is 10.8. The molecule has 0 spiro atoms. The van der Waals surface area contributed by atoms with Crippen molar-refractivity contribution < 1.29 is 14.3 Å². The summed E-state index contributed by atoms with van der Waals surface area (Å²) in [4.78, 5) is 16.3. The summed E-state index contributed by atoms with van der Waals surface area (Å²) < 4.78 is 5.63. The van der Waals surface area contributed by atoms with Crippen LogP contribution in [0.2, 0.25) is 0 Å². The van der Waals surface area contributed by atoms with Crippen LogP contribution in [0.25, 0.3) is 22.2 Å². The van der Waals surface area contributed by atoms with Crippen LogP contribution in [0.15, 0.2) is 28.7 Å². The predicted octanol–water partition coefficient (Wildman–Crippen LogP) is 3.18. The highest BCUT2D eigenvalue weighted by atomic mass is 32.1. The Labute approximate surface area is 124 Å². The van der Waals surface area contributed by atoms with Gasteiger partial charge in [0.1, 0.15) is 4.88 Å². The molecular weight excluding hydrogens is 290 g/mol. The molecule has 3 rings (SSSR count). The van der Waals surface area contributed by atoms with Crippen molar-refractivity contribution in [3.63, 3.8) is 0 Å². The molecule has 0 aliphatic carbocycles. The predicted molar refractivity (Wildman–Crippen MR) is 77.3 cm³/mol. The van der Waals surface area contributed by atoms with Gasteiger partial charge in [0.25, 0.3) is 5.89 Å². The van der Waals surface area contributed by atoms with Crippen LogP contribution < -0.4 is 0 Å². The second kappa shape index (κ2) is 5.10. The summed E-state index contributed by atoms with van der Waals surface area (Å²) in [5.74, 6) is -0.489. The van der Waals surface area contributed by atoms with E-state index in [-0.39, 0.29) is 11.5 Å². The van der Waals surface area contributed by atoms with E-state index in [9.17, 15) is 9.90 Å². The summed E-state index contributed by atoms with van der Waals surface area (Å²) in [6, 6.07) is 6.53. The van der Waals surface area contributed by atoms with Crippen LogP contribution in [0.3, 0.4) is 0 Å². The zero-order chi connectivity index (χ0) is 15.0. The second-order valence-corrected chi connectivity index (χ2v) is 5.61. The zero-order valence-electron chi connectivity index (χ0n) is 11.3. The smallest absolute Gasteiger partial charge is 0.336 e. The lowest BCUT2D eigenvalue weighted by atomic mass is 10.1. The molecule has 0 aliphatic heterocycles. The van der Waals surface area contributed by atoms with Crippen LogP contribution in [-0.4, -0.2) is 26.3 Å². The summed E-state index contributed by atoms with van der Waals surface area (Å²) in [5, 5.41) is 18.1. The zero-order valence-corrected chi connectivity index (χ0v) is 12.1. The molecule has 0 bridgehead atoms. The van der Waals surface area contributed by atoms with Crippen LogP contribution in [0.1, 0.15) is 21.1 Å². The second-order valence-electron chi connectivity index (χ2n) is 4.41. The molecule has 0 amide bonds. The number of hydrogen-bond acceptors (Lipinski definition) is 6. The number of rotatable bonds is 3. The van der Waals surface area contributed by atoms with Crippen LogP contribution in [-0.2, 0) is 0 Å². The molecule has 0 atom stereocenters. The summed E-state index contributed by atoms with van der Waals surface area (Å²) in [6.07, 6.45) is 0. The van der Waals surface area contributed by atoms with Crippen LogP contribution in [0.5, 0.6) is 0 Å². The topological polar surface area (TPSA) is 89.1 Å². The standard InChI is InChI=1S/C14H11N3O3S/c1-7-11(21-8(2)15-7)13-17-16-12(20-13)9-5-3-4-6-10(9)14(18)19/h3-6H,1-2H3,(H,18,19). The minimum absolute atomic E-state index is 0.130. The molecule has 0 unspecified atom stereocenters. The number of carboxylic acids is 1. The van der Waals surface area contributed by atoms with Gasteiger partial charge in [0, 0.05) is 0 Å². The minimum Gasteiger partial charge on any atom is -0.478 e. The average Bonchev–Trinajstić information content (AvgIpc) is 3.05. The third-order valence-electron chi connectivity index (χ3n) is 2.91. The molecule has 1 aromatic carbocycles. The van der Waals surface area contributed by atoms with Gasteiger partial charge in [-0.1, -0.05) is 12.1 Å². The van der Waals surface area contributed by atoms with E-state index in [4.69, 9.17) is 4.42 Å². The summed E-state index contributed by atoms with van der Waals surface area (Å²) in [5.41, 5.74) is 1.35. The lowest BCUT2D eigenvalue weighted by Crippen LogP contribution is -1.98. The van der Waals surface area contributed by atoms with Gasteiger partial charge in [-0.15, -0.1) is 21.5 Å². The monoisotopic (exact) mass is 301 g/mol. The third kappa shape index (κ3) is 2.43. The minimum atomic E-state index is -1.03. The van der Waals surface area contributed by atoms with Gasteiger partial charge < -0.3 is 9.52 Å². The van der Waals surface area contributed by atoms with E-state index in [1.807, 2.05) is 13.8 Å². The van der Waals surface area contributed by atoms with Crippen molar-refractivity contribution >= 4 is 17.3 Å². The fourth-order valence-electron chi connectivity index (χ4n) is 2.01. The van der Waals surface area contributed by atoms with E-state index in [0.29, 0.717) is 11.5 Å². The van der Waals surface area contributed by atoms with Gasteiger partial charge in [-0.25, -0.2) is 9.78 Å². The highest BCUT2D eigenvalue weighted by Gasteiger charge is 2.19. The van der Waals surface area contributed by atoms with Gasteiger partial charge in [-0.3, -0.25) is 0 Å². The van der Waals surface area contributed by atoms with Crippen LogP contribution in [0.4, 0.5) is 0 Å². The first-order valence-corrected chi connectivity index (χ1v) is 6.98. The molecule has 0 fully saturated rings. The van der Waals surface area contributed by atoms with Gasteiger partial charge in [-0.05, 0) is 26.0 Å². The highest BCUT2D eigenvalue weighted by molar-refractivity contribution is 7.15. The van der Waals surface area contributed by atoms with E-state index in [0.717, 1.165) is 15.6 Å². The van der Waals surface area contributed by atoms with Gasteiger partial charge in [0.2, 0.25) is 5.89 Å². The highest BCUT2D eigenvalue weighted by Crippen LogP contribution is 2.31. The molecule has 1 N–H and O–H groups in total. The number of aromatic carboxylic acids is 1. The Morgan fingerprint density at radius 3 is 2.57 bits per heavy atom. The molecule has 7 heteroatoms. The first kappa shape index (κ1) is 13.4. The average molecular weight is 301 g/mol. The van der Waals surface area contributed by atoms with Crippen LogP contribution >= 0.6 is 11.3 Å². The number of carbonyl (C=O) groups is 1. The van der Waals surface area contributed by atoms with Crippen LogP contribution in [0, 0.1) is 13.8 Å². The maximum absolute atomic E-state index is 11.2. The maximum Gasteiger partial charge on any atom is 0.336 e. The van der Waals surface area contributed by atoms with Gasteiger partial charge in [-0.2, -0.15) is 0 Å². The van der Waals surface area contributed by atoms with E-state index in [1.54, 1.807) is 18.2 Å². The molecule has 0 radical (unpaired) electrons. The lowest BCUT2D eigenvalue weighted by molar-refractivity contribution is 0.0697. The molecular formula is C14H11N3O3S. The molecule has 0 saturated heterocycles. The fourth-order valence-corrected chi connectivity index (χ4v) is 2.85. The quantitative estimate of drug-likeness (QED) is 0.799. The Morgan fingerprint density at radius 1 is 1.19 bits per heavy atom. The van der Waals surface area contributed by atoms with Crippen molar-refractivity contribution in [3.8, 4) is 22.2 Å². The van der Waals surface area contributed by atoms with Crippen molar-refractivity contribution in [1.82, 2.24) is 15.2 Å². The molecule has 0 saturated carbocycles. The Balaban J connectivity index is 2.07. The SMILES string of the molecule is Cc1nc(C)c(-c2nnc(-c3ccccc3C(=O)O)o2)s1. The molecule has 0 aliphatic rings. The fraction of sp³-hybridized carbons (Fsp3) is 0.143. The Hall–Kier alpha value is -2.54. The Bertz CT molecular complexity index is 822. The Morgan fingerprint density at radius 2 is 1.90 bits per heavy atom. The molecule has 6 nitrogen and oxygen atoms in total. The number of thiazole rings is 1. The van der Waals surface area contributed by atoms with Gasteiger partial charge >= 0.3 is 5.97 Å². The first-order chi connectivity index (χ1) is 10.1. The largest absolute Gasteiger partial charge is 0.478 e. The molecule has 2 heterocycles. The van der Waals surface area contributed by atoms with E-state index < -0.39 is 5.97 Å². The number of aryl methyl sites for hydroxylation is 2. The van der Waals surface area contributed by atoms with Gasteiger partial charge in [0.15, 0.2) is 0 Å². The summed E-state index contributed by atoms with van der Waals surface area (Å²) >= 11 is 1.46. The number of aromatic nitrogens is 3. The van der Waals surface area contributed by atoms with Crippen molar-refractivity contribution in [2.45, 2.75) is 13.8 Å². The number of benzene rings is 1. The summed E-state index contributed by atoms with van der Waals surface area (Å²) in [7, 11) is 0. The van der Waals surface area contributed by atoms with E-state index >= 15 is 0 Å². The molecule has 106 valence electrons. The molecule has 21 heavy (non-hydrogen) atoms. The molecule has 3 aromatic rings.